The summed E-state index contributed by atoms with van der Waals surface area (Å²) in [5.74, 6) is 0.622. The number of hydrogen-bond acceptors (Lipinski definition) is 5. The van der Waals surface area contributed by atoms with Gasteiger partial charge < -0.3 is 14.5 Å². The molecule has 2 aromatic rings. The Bertz CT molecular complexity index is 984. The lowest BCUT2D eigenvalue weighted by atomic mass is 9.75. The molecule has 5 rings (SSSR count). The van der Waals surface area contributed by atoms with Gasteiger partial charge in [-0.3, -0.25) is 4.79 Å². The summed E-state index contributed by atoms with van der Waals surface area (Å²) in [7, 11) is 0. The van der Waals surface area contributed by atoms with Crippen molar-refractivity contribution in [3.05, 3.63) is 59.5 Å². The van der Waals surface area contributed by atoms with Crippen molar-refractivity contribution in [2.75, 3.05) is 24.6 Å². The Balaban J connectivity index is 1.22. The first-order valence-corrected chi connectivity index (χ1v) is 10.9. The molecule has 2 atom stereocenters. The zero-order chi connectivity index (χ0) is 21.4. The van der Waals surface area contributed by atoms with Gasteiger partial charge in [-0.2, -0.15) is 5.26 Å². The number of ether oxygens (including phenoxy) is 1. The second-order valence-corrected chi connectivity index (χ2v) is 8.75. The minimum absolute atomic E-state index is 0.0118. The monoisotopic (exact) mass is 420 g/mol. The normalized spacial score (nSPS) is 23.9. The number of nitriles is 1. The van der Waals surface area contributed by atoms with E-state index in [9.17, 15) is 9.18 Å². The first-order valence-electron chi connectivity index (χ1n) is 10.9. The van der Waals surface area contributed by atoms with E-state index in [4.69, 9.17) is 10.00 Å². The van der Waals surface area contributed by atoms with Crippen molar-refractivity contribution in [3.8, 4) is 6.07 Å². The summed E-state index contributed by atoms with van der Waals surface area (Å²) in [5.41, 5.74) is 1.04. The predicted molar refractivity (Wildman–Crippen MR) is 113 cm³/mol. The van der Waals surface area contributed by atoms with E-state index < -0.39 is 5.60 Å². The number of piperazine rings is 1. The van der Waals surface area contributed by atoms with Crippen LogP contribution in [0, 0.1) is 17.1 Å². The van der Waals surface area contributed by atoms with Gasteiger partial charge in [-0.25, -0.2) is 9.37 Å². The maximum atomic E-state index is 13.3. The zero-order valence-corrected chi connectivity index (χ0v) is 17.3. The average Bonchev–Trinajstić information content (AvgIpc) is 3.03. The number of anilines is 1. The Morgan fingerprint density at radius 1 is 1.16 bits per heavy atom. The van der Waals surface area contributed by atoms with Gasteiger partial charge in [0.25, 0.3) is 0 Å². The highest BCUT2D eigenvalue weighted by Gasteiger charge is 2.44. The molecule has 1 aliphatic carbocycles. The van der Waals surface area contributed by atoms with Crippen LogP contribution in [0.5, 0.6) is 0 Å². The Morgan fingerprint density at radius 2 is 1.87 bits per heavy atom. The highest BCUT2D eigenvalue weighted by Crippen LogP contribution is 2.45. The lowest BCUT2D eigenvalue weighted by Gasteiger charge is -2.44. The zero-order valence-electron chi connectivity index (χ0n) is 17.3. The van der Waals surface area contributed by atoms with Crippen molar-refractivity contribution in [3.63, 3.8) is 0 Å². The Morgan fingerprint density at radius 3 is 2.42 bits per heavy atom. The molecule has 6 nitrogen and oxygen atoms in total. The summed E-state index contributed by atoms with van der Waals surface area (Å²) in [6.07, 6.45) is 6.41. The van der Waals surface area contributed by atoms with Gasteiger partial charge in [-0.15, -0.1) is 0 Å². The molecule has 3 fully saturated rings. The van der Waals surface area contributed by atoms with Crippen LogP contribution in [0.4, 0.5) is 10.2 Å². The van der Waals surface area contributed by atoms with E-state index in [0.29, 0.717) is 18.7 Å². The number of halogens is 1. The molecule has 3 heterocycles. The summed E-state index contributed by atoms with van der Waals surface area (Å²) in [5, 5.41) is 8.99. The second-order valence-electron chi connectivity index (χ2n) is 8.75. The first kappa shape index (κ1) is 20.0. The molecule has 2 bridgehead atoms. The molecule has 2 aliphatic heterocycles. The maximum absolute atomic E-state index is 13.3. The number of aromatic nitrogens is 1. The number of hydrogen-bond donors (Lipinski definition) is 0. The first-order chi connectivity index (χ1) is 15.1. The molecular weight excluding hydrogens is 395 g/mol. The fraction of sp³-hybridized carbons (Fsp3) is 0.458. The molecule has 1 amide bonds. The van der Waals surface area contributed by atoms with E-state index in [1.54, 1.807) is 24.4 Å². The Labute approximate surface area is 181 Å². The molecule has 1 aromatic carbocycles. The van der Waals surface area contributed by atoms with Gasteiger partial charge in [0.15, 0.2) is 0 Å². The third-order valence-electron chi connectivity index (χ3n) is 6.98. The molecule has 31 heavy (non-hydrogen) atoms. The van der Waals surface area contributed by atoms with Crippen molar-refractivity contribution >= 4 is 11.7 Å². The highest BCUT2D eigenvalue weighted by molar-refractivity contribution is 5.78. The molecule has 2 unspecified atom stereocenters. The minimum atomic E-state index is -0.462. The topological polar surface area (TPSA) is 69.5 Å². The van der Waals surface area contributed by atoms with Crippen LogP contribution in [0.3, 0.4) is 0 Å². The predicted octanol–water partition coefficient (Wildman–Crippen LogP) is 3.37. The number of fused-ring (bicyclic) bond motifs is 2. The average molecular weight is 420 g/mol. The molecule has 7 heteroatoms. The van der Waals surface area contributed by atoms with E-state index in [1.165, 1.54) is 12.1 Å². The second kappa shape index (κ2) is 7.93. The molecule has 2 saturated heterocycles. The van der Waals surface area contributed by atoms with Crippen molar-refractivity contribution < 1.29 is 13.9 Å². The molecule has 0 radical (unpaired) electrons. The lowest BCUT2D eigenvalue weighted by Crippen LogP contribution is -2.56. The number of carbonyl (C=O) groups is 1. The van der Waals surface area contributed by atoms with Crippen LogP contribution in [0.25, 0.3) is 0 Å². The van der Waals surface area contributed by atoms with E-state index in [-0.39, 0.29) is 30.4 Å². The van der Waals surface area contributed by atoms with Crippen LogP contribution in [0.15, 0.2) is 42.6 Å². The van der Waals surface area contributed by atoms with E-state index in [1.807, 2.05) is 11.0 Å². The lowest BCUT2D eigenvalue weighted by molar-refractivity contribution is -0.154. The van der Waals surface area contributed by atoms with Gasteiger partial charge in [0.05, 0.1) is 11.2 Å². The molecule has 1 aromatic heterocycles. The van der Waals surface area contributed by atoms with Gasteiger partial charge in [0, 0.05) is 31.4 Å². The smallest absolute Gasteiger partial charge is 0.248 e. The number of carbonyl (C=O) groups excluding carboxylic acids is 1. The number of likely N-dealkylation sites (tertiary alicyclic amines) is 1. The van der Waals surface area contributed by atoms with Gasteiger partial charge in [0.1, 0.15) is 24.3 Å². The van der Waals surface area contributed by atoms with Gasteiger partial charge in [-0.1, -0.05) is 12.1 Å². The van der Waals surface area contributed by atoms with Gasteiger partial charge in [-0.05, 0) is 61.9 Å². The van der Waals surface area contributed by atoms with Crippen LogP contribution in [-0.4, -0.2) is 47.6 Å². The van der Waals surface area contributed by atoms with Crippen molar-refractivity contribution in [1.29, 1.82) is 5.26 Å². The number of benzene rings is 1. The van der Waals surface area contributed by atoms with Crippen LogP contribution >= 0.6 is 0 Å². The third kappa shape index (κ3) is 3.66. The van der Waals surface area contributed by atoms with Crippen LogP contribution in [0.1, 0.15) is 43.2 Å². The fourth-order valence-corrected chi connectivity index (χ4v) is 5.14. The van der Waals surface area contributed by atoms with E-state index in [2.05, 4.69) is 16.0 Å². The SMILES string of the molecule is N#Cc1ccc(N2C3CCC2CN(C(=O)COC2(c4ccc(F)cc4)CCC2)C3)nc1. The van der Waals surface area contributed by atoms with Crippen molar-refractivity contribution in [2.24, 2.45) is 0 Å². The van der Waals surface area contributed by atoms with Crippen LogP contribution < -0.4 is 4.90 Å². The Kier molecular flexibility index (Phi) is 5.11. The molecule has 160 valence electrons. The summed E-state index contributed by atoms with van der Waals surface area (Å²) in [4.78, 5) is 21.7. The summed E-state index contributed by atoms with van der Waals surface area (Å²) >= 11 is 0. The number of pyridine rings is 1. The van der Waals surface area contributed by atoms with Crippen molar-refractivity contribution in [1.82, 2.24) is 9.88 Å². The minimum Gasteiger partial charge on any atom is -0.360 e. The third-order valence-corrected chi connectivity index (χ3v) is 6.98. The quantitative estimate of drug-likeness (QED) is 0.742. The summed E-state index contributed by atoms with van der Waals surface area (Å²) < 4.78 is 19.5. The standard InChI is InChI=1S/C24H25FN4O2/c25-19-5-3-18(4-6-19)24(10-1-11-24)31-16-23(30)28-14-20-7-8-21(15-28)29(20)22-9-2-17(12-26)13-27-22/h2-6,9,13,20-21H,1,7-8,10-11,14-16H2. The Hall–Kier alpha value is -2.98. The summed E-state index contributed by atoms with van der Waals surface area (Å²) in [6.45, 7) is 1.36. The molecule has 3 aliphatic rings. The molecule has 0 spiro atoms. The van der Waals surface area contributed by atoms with Gasteiger partial charge >= 0.3 is 0 Å². The van der Waals surface area contributed by atoms with Gasteiger partial charge in [0.2, 0.25) is 5.91 Å². The summed E-state index contributed by atoms with van der Waals surface area (Å²) in [6, 6.07) is 12.7. The number of rotatable bonds is 5. The fourth-order valence-electron chi connectivity index (χ4n) is 5.14. The molecule has 1 saturated carbocycles. The number of nitrogens with zero attached hydrogens (tertiary/aromatic N) is 4. The largest absolute Gasteiger partial charge is 0.360 e. The van der Waals surface area contributed by atoms with Crippen LogP contribution in [0.2, 0.25) is 0 Å². The number of amides is 1. The van der Waals surface area contributed by atoms with E-state index >= 15 is 0 Å². The highest BCUT2D eigenvalue weighted by atomic mass is 19.1. The van der Waals surface area contributed by atoms with Crippen molar-refractivity contribution in [2.45, 2.75) is 49.8 Å². The molecule has 0 N–H and O–H groups in total. The maximum Gasteiger partial charge on any atom is 0.248 e. The van der Waals surface area contributed by atoms with E-state index in [0.717, 1.165) is 43.5 Å². The molecular formula is C24H25FN4O2. The van der Waals surface area contributed by atoms with Crippen LogP contribution in [-0.2, 0) is 15.1 Å².